The van der Waals surface area contributed by atoms with Gasteiger partial charge in [0.25, 0.3) is 0 Å². The van der Waals surface area contributed by atoms with Crippen LogP contribution in [0.4, 0.5) is 0 Å². The number of fused-ring (bicyclic) bond motifs is 1. The number of methoxy groups -OCH3 is 2. The van der Waals surface area contributed by atoms with Crippen molar-refractivity contribution in [3.63, 3.8) is 0 Å². The number of hydrogen-bond acceptors (Lipinski definition) is 2. The Balaban J connectivity index is 2.84. The molecular weight excluding hydrogens is 190 g/mol. The Morgan fingerprint density at radius 1 is 1.07 bits per heavy atom. The smallest absolute Gasteiger partial charge is 0.371 e. The van der Waals surface area contributed by atoms with Crippen molar-refractivity contribution in [2.45, 2.75) is 0 Å². The van der Waals surface area contributed by atoms with Crippen LogP contribution in [0.25, 0.3) is 10.9 Å². The molecule has 1 aromatic carbocycles. The Kier molecular flexibility index (Phi) is 2.46. The van der Waals surface area contributed by atoms with Crippen molar-refractivity contribution < 1.29 is 14.0 Å². The summed E-state index contributed by atoms with van der Waals surface area (Å²) in [6, 6.07) is 9.97. The first-order chi connectivity index (χ1) is 7.27. The molecule has 0 aliphatic rings. The Morgan fingerprint density at radius 2 is 1.80 bits per heavy atom. The number of benzene rings is 1. The van der Waals surface area contributed by atoms with Gasteiger partial charge in [-0.1, -0.05) is 12.1 Å². The molecule has 0 fully saturated rings. The predicted molar refractivity (Wildman–Crippen MR) is 58.2 cm³/mol. The molecule has 15 heavy (non-hydrogen) atoms. The normalized spacial score (nSPS) is 10.3. The van der Waals surface area contributed by atoms with Gasteiger partial charge in [0.05, 0.1) is 25.7 Å². The van der Waals surface area contributed by atoms with E-state index in [9.17, 15) is 0 Å². The first-order valence-corrected chi connectivity index (χ1v) is 4.77. The van der Waals surface area contributed by atoms with Gasteiger partial charge in [-0.3, -0.25) is 0 Å². The number of aromatic nitrogens is 1. The van der Waals surface area contributed by atoms with Crippen LogP contribution in [-0.4, -0.2) is 14.2 Å². The highest BCUT2D eigenvalue weighted by Crippen LogP contribution is 2.26. The summed E-state index contributed by atoms with van der Waals surface area (Å²) in [4.78, 5) is 0. The average Bonchev–Trinajstić information content (AvgIpc) is 2.30. The summed E-state index contributed by atoms with van der Waals surface area (Å²) in [6.07, 6.45) is 0. The summed E-state index contributed by atoms with van der Waals surface area (Å²) in [5.74, 6) is 1.62. The predicted octanol–water partition coefficient (Wildman–Crippen LogP) is 1.68. The number of aryl methyl sites for hydroxylation is 1. The van der Waals surface area contributed by atoms with E-state index in [1.54, 1.807) is 14.2 Å². The van der Waals surface area contributed by atoms with Crippen molar-refractivity contribution in [3.05, 3.63) is 30.3 Å². The zero-order valence-corrected chi connectivity index (χ0v) is 9.15. The standard InChI is InChI=1S/C12H14NO2/c1-13-10-7-5-4-6-9(10)11(14-2)8-12(13)15-3/h4-8H,1-3H3/q+1. The maximum Gasteiger partial charge on any atom is 0.371 e. The molecular formula is C12H14NO2+. The van der Waals surface area contributed by atoms with E-state index in [2.05, 4.69) is 0 Å². The zero-order valence-electron chi connectivity index (χ0n) is 9.15. The summed E-state index contributed by atoms with van der Waals surface area (Å²) in [5.41, 5.74) is 1.09. The second kappa shape index (κ2) is 3.77. The van der Waals surface area contributed by atoms with Gasteiger partial charge in [0.1, 0.15) is 12.8 Å². The van der Waals surface area contributed by atoms with Gasteiger partial charge in [-0.05, 0) is 6.07 Å². The highest BCUT2D eigenvalue weighted by molar-refractivity contribution is 5.82. The van der Waals surface area contributed by atoms with Crippen LogP contribution in [0, 0.1) is 0 Å². The van der Waals surface area contributed by atoms with E-state index in [-0.39, 0.29) is 0 Å². The van der Waals surface area contributed by atoms with Crippen molar-refractivity contribution >= 4 is 10.9 Å². The van der Waals surface area contributed by atoms with Gasteiger partial charge in [-0.25, -0.2) is 0 Å². The molecule has 0 aliphatic carbocycles. The highest BCUT2D eigenvalue weighted by Gasteiger charge is 2.16. The van der Waals surface area contributed by atoms with Crippen LogP contribution in [0.3, 0.4) is 0 Å². The molecule has 3 nitrogen and oxygen atoms in total. The number of ether oxygens (including phenoxy) is 2. The van der Waals surface area contributed by atoms with Gasteiger partial charge in [-0.15, -0.1) is 0 Å². The van der Waals surface area contributed by atoms with Gasteiger partial charge < -0.3 is 9.47 Å². The molecule has 78 valence electrons. The fourth-order valence-electron chi connectivity index (χ4n) is 1.74. The molecule has 0 radical (unpaired) electrons. The van der Waals surface area contributed by atoms with Gasteiger partial charge in [-0.2, -0.15) is 4.57 Å². The van der Waals surface area contributed by atoms with E-state index in [0.29, 0.717) is 0 Å². The van der Waals surface area contributed by atoms with E-state index < -0.39 is 0 Å². The molecule has 1 aromatic heterocycles. The lowest BCUT2D eigenvalue weighted by Gasteiger charge is -2.06. The van der Waals surface area contributed by atoms with Crippen LogP contribution >= 0.6 is 0 Å². The minimum atomic E-state index is 0.783. The van der Waals surface area contributed by atoms with Crippen molar-refractivity contribution in [3.8, 4) is 11.6 Å². The van der Waals surface area contributed by atoms with Crippen molar-refractivity contribution in [2.24, 2.45) is 7.05 Å². The molecule has 0 aliphatic heterocycles. The van der Waals surface area contributed by atoms with E-state index >= 15 is 0 Å². The summed E-state index contributed by atoms with van der Waals surface area (Å²) in [6.45, 7) is 0. The third kappa shape index (κ3) is 1.50. The zero-order chi connectivity index (χ0) is 10.8. The Hall–Kier alpha value is -1.77. The summed E-state index contributed by atoms with van der Waals surface area (Å²) >= 11 is 0. The molecule has 0 saturated heterocycles. The molecule has 0 unspecified atom stereocenters. The van der Waals surface area contributed by atoms with Crippen LogP contribution in [0.1, 0.15) is 0 Å². The van der Waals surface area contributed by atoms with Crippen LogP contribution in [-0.2, 0) is 7.05 Å². The topological polar surface area (TPSA) is 22.3 Å². The molecule has 1 heterocycles. The van der Waals surface area contributed by atoms with Crippen molar-refractivity contribution in [2.75, 3.05) is 14.2 Å². The minimum absolute atomic E-state index is 0.783. The van der Waals surface area contributed by atoms with Gasteiger partial charge >= 0.3 is 5.88 Å². The van der Waals surface area contributed by atoms with E-state index in [4.69, 9.17) is 9.47 Å². The SMILES string of the molecule is COc1cc(OC)[n+](C)c2ccccc12. The molecule has 0 spiro atoms. The van der Waals surface area contributed by atoms with Gasteiger partial charge in [0.15, 0.2) is 0 Å². The fourth-order valence-corrected chi connectivity index (χ4v) is 1.74. The Bertz CT molecular complexity index is 494. The summed E-state index contributed by atoms with van der Waals surface area (Å²) in [5, 5.41) is 1.09. The second-order valence-electron chi connectivity index (χ2n) is 3.33. The second-order valence-corrected chi connectivity index (χ2v) is 3.33. The maximum absolute atomic E-state index is 5.33. The summed E-state index contributed by atoms with van der Waals surface area (Å²) < 4.78 is 12.6. The van der Waals surface area contributed by atoms with Crippen LogP contribution in [0.15, 0.2) is 30.3 Å². The molecule has 0 N–H and O–H groups in total. The van der Waals surface area contributed by atoms with Crippen LogP contribution in [0.2, 0.25) is 0 Å². The maximum atomic E-state index is 5.33. The van der Waals surface area contributed by atoms with Crippen molar-refractivity contribution in [1.29, 1.82) is 0 Å². The number of rotatable bonds is 2. The minimum Gasteiger partial charge on any atom is -0.495 e. The quantitative estimate of drug-likeness (QED) is 0.694. The Labute approximate surface area is 88.9 Å². The highest BCUT2D eigenvalue weighted by atomic mass is 16.5. The van der Waals surface area contributed by atoms with E-state index in [0.717, 1.165) is 22.5 Å². The number of pyridine rings is 1. The molecule has 3 heteroatoms. The number of nitrogens with zero attached hydrogens (tertiary/aromatic N) is 1. The van der Waals surface area contributed by atoms with Gasteiger partial charge in [0.2, 0.25) is 5.52 Å². The van der Waals surface area contributed by atoms with Crippen LogP contribution < -0.4 is 14.0 Å². The lowest BCUT2D eigenvalue weighted by atomic mass is 10.2. The Morgan fingerprint density at radius 3 is 2.47 bits per heavy atom. The lowest BCUT2D eigenvalue weighted by molar-refractivity contribution is -0.650. The molecule has 0 atom stereocenters. The molecule has 2 rings (SSSR count). The van der Waals surface area contributed by atoms with Gasteiger partial charge in [0, 0.05) is 6.07 Å². The molecule has 2 aromatic rings. The van der Waals surface area contributed by atoms with Crippen molar-refractivity contribution in [1.82, 2.24) is 0 Å². The number of hydrogen-bond donors (Lipinski definition) is 0. The third-order valence-corrected chi connectivity index (χ3v) is 2.55. The number of para-hydroxylation sites is 1. The fraction of sp³-hybridized carbons (Fsp3) is 0.250. The van der Waals surface area contributed by atoms with E-state index in [1.165, 1.54) is 0 Å². The lowest BCUT2D eigenvalue weighted by Crippen LogP contribution is -2.31. The average molecular weight is 204 g/mol. The largest absolute Gasteiger partial charge is 0.495 e. The molecule has 0 bridgehead atoms. The first kappa shape index (κ1) is 9.77. The molecule has 0 amide bonds. The van der Waals surface area contributed by atoms with Crippen LogP contribution in [0.5, 0.6) is 11.6 Å². The molecule has 0 saturated carbocycles. The first-order valence-electron chi connectivity index (χ1n) is 4.77. The van der Waals surface area contributed by atoms with E-state index in [1.807, 2.05) is 41.9 Å². The summed E-state index contributed by atoms with van der Waals surface area (Å²) in [7, 11) is 5.30. The monoisotopic (exact) mass is 204 g/mol. The third-order valence-electron chi connectivity index (χ3n) is 2.55.